The van der Waals surface area contributed by atoms with E-state index in [1.165, 1.54) is 5.56 Å². The Balaban J connectivity index is 1.32. The number of carbonyl (C=O) groups is 2. The first-order chi connectivity index (χ1) is 14.9. The van der Waals surface area contributed by atoms with Gasteiger partial charge >= 0.3 is 0 Å². The molecule has 1 saturated heterocycles. The molecule has 0 bridgehead atoms. The highest BCUT2D eigenvalue weighted by Crippen LogP contribution is 2.18. The van der Waals surface area contributed by atoms with Gasteiger partial charge in [0.15, 0.2) is 0 Å². The molecule has 1 fully saturated rings. The minimum Gasteiger partial charge on any atom is -0.369 e. The van der Waals surface area contributed by atoms with Crippen LogP contribution in [-0.4, -0.2) is 55.9 Å². The van der Waals surface area contributed by atoms with Crippen molar-refractivity contribution >= 4 is 23.3 Å². The van der Waals surface area contributed by atoms with Gasteiger partial charge in [0.2, 0.25) is 11.7 Å². The highest BCUT2D eigenvalue weighted by molar-refractivity contribution is 6.01. The lowest BCUT2D eigenvalue weighted by Gasteiger charge is -2.30. The molecule has 1 aromatic carbocycles. The van der Waals surface area contributed by atoms with Crippen molar-refractivity contribution in [2.24, 2.45) is 11.7 Å². The minimum absolute atomic E-state index is 0.0188. The fourth-order valence-electron chi connectivity index (χ4n) is 3.93. The number of aryl methyl sites for hydroxylation is 2. The zero-order chi connectivity index (χ0) is 22.0. The van der Waals surface area contributed by atoms with Gasteiger partial charge in [-0.05, 0) is 70.0 Å². The van der Waals surface area contributed by atoms with Gasteiger partial charge in [0.1, 0.15) is 0 Å². The molecule has 1 aliphatic heterocycles. The summed E-state index contributed by atoms with van der Waals surface area (Å²) in [6.45, 7) is 6.53. The van der Waals surface area contributed by atoms with E-state index in [0.717, 1.165) is 50.3 Å². The van der Waals surface area contributed by atoms with E-state index in [2.05, 4.69) is 25.3 Å². The first-order valence-corrected chi connectivity index (χ1v) is 10.5. The van der Waals surface area contributed by atoms with Crippen LogP contribution >= 0.6 is 0 Å². The Hall–Kier alpha value is -3.33. The largest absolute Gasteiger partial charge is 0.369 e. The molecule has 0 radical (unpaired) electrons. The topological polar surface area (TPSA) is 119 Å². The van der Waals surface area contributed by atoms with Crippen molar-refractivity contribution in [2.45, 2.75) is 33.1 Å². The number of piperidine rings is 1. The second kappa shape index (κ2) is 8.81. The lowest BCUT2D eigenvalue weighted by atomic mass is 9.96. The zero-order valence-corrected chi connectivity index (χ0v) is 17.8. The third-order valence-electron chi connectivity index (χ3n) is 5.74. The number of likely N-dealkylation sites (tertiary alicyclic amines) is 1. The number of carbonyl (C=O) groups excluding carboxylic acids is 2. The third-order valence-corrected chi connectivity index (χ3v) is 5.74. The lowest BCUT2D eigenvalue weighted by Crippen LogP contribution is -2.39. The van der Waals surface area contributed by atoms with Crippen LogP contribution in [0.2, 0.25) is 0 Å². The maximum atomic E-state index is 12.6. The molecule has 31 heavy (non-hydrogen) atoms. The number of amides is 2. The second-order valence-corrected chi connectivity index (χ2v) is 8.11. The molecule has 0 aliphatic carbocycles. The zero-order valence-electron chi connectivity index (χ0n) is 17.8. The molecule has 2 amide bonds. The Labute approximate surface area is 180 Å². The van der Waals surface area contributed by atoms with Crippen LogP contribution in [0.5, 0.6) is 0 Å². The van der Waals surface area contributed by atoms with Crippen molar-refractivity contribution in [1.29, 1.82) is 0 Å². The molecule has 9 nitrogen and oxygen atoms in total. The number of hydrogen-bond donors (Lipinski definition) is 2. The van der Waals surface area contributed by atoms with Crippen LogP contribution in [0.3, 0.4) is 0 Å². The summed E-state index contributed by atoms with van der Waals surface area (Å²) in [4.78, 5) is 34.7. The number of benzene rings is 1. The Morgan fingerprint density at radius 2 is 1.84 bits per heavy atom. The van der Waals surface area contributed by atoms with E-state index in [1.54, 1.807) is 4.52 Å². The smallest absolute Gasteiger partial charge is 0.295 e. The molecule has 0 unspecified atom stereocenters. The van der Waals surface area contributed by atoms with Crippen LogP contribution in [-0.2, 0) is 11.2 Å². The van der Waals surface area contributed by atoms with Crippen LogP contribution in [0.15, 0.2) is 30.3 Å². The summed E-state index contributed by atoms with van der Waals surface area (Å²) in [7, 11) is 0. The van der Waals surface area contributed by atoms with E-state index in [4.69, 9.17) is 5.73 Å². The Morgan fingerprint density at radius 3 is 2.52 bits per heavy atom. The molecular weight excluding hydrogens is 394 g/mol. The van der Waals surface area contributed by atoms with Gasteiger partial charge in [-0.15, -0.1) is 5.10 Å². The Kier molecular flexibility index (Phi) is 5.94. The number of nitrogens with one attached hydrogen (secondary N) is 1. The molecule has 0 spiro atoms. The average Bonchev–Trinajstić information content (AvgIpc) is 3.18. The summed E-state index contributed by atoms with van der Waals surface area (Å²) in [5.41, 5.74) is 8.98. The standard InChI is InChI=1S/C22H27N7O2/c1-14-13-15(2)29-22(24-14)26-20(27-29)21(31)25-18-5-3-16(4-6-18)7-10-28-11-8-17(9-12-28)19(23)30/h3-6,13,17H,7-12H2,1-2H3,(H2,23,30)(H,25,31). The Bertz CT molecular complexity index is 1100. The van der Waals surface area contributed by atoms with E-state index in [-0.39, 0.29) is 23.6 Å². The van der Waals surface area contributed by atoms with Crippen molar-refractivity contribution in [3.05, 3.63) is 53.1 Å². The SMILES string of the molecule is Cc1cc(C)n2nc(C(=O)Nc3ccc(CCN4CCC(C(N)=O)CC4)cc3)nc2n1. The molecule has 3 N–H and O–H groups in total. The number of rotatable bonds is 6. The molecule has 0 saturated carbocycles. The van der Waals surface area contributed by atoms with E-state index in [9.17, 15) is 9.59 Å². The predicted octanol–water partition coefficient (Wildman–Crippen LogP) is 1.73. The summed E-state index contributed by atoms with van der Waals surface area (Å²) in [6.07, 6.45) is 2.59. The van der Waals surface area contributed by atoms with Crippen LogP contribution < -0.4 is 11.1 Å². The lowest BCUT2D eigenvalue weighted by molar-refractivity contribution is -0.123. The van der Waals surface area contributed by atoms with Gasteiger partial charge in [0.05, 0.1) is 0 Å². The van der Waals surface area contributed by atoms with Gasteiger partial charge in [-0.1, -0.05) is 12.1 Å². The summed E-state index contributed by atoms with van der Waals surface area (Å²) >= 11 is 0. The highest BCUT2D eigenvalue weighted by Gasteiger charge is 2.22. The van der Waals surface area contributed by atoms with Crippen molar-refractivity contribution < 1.29 is 9.59 Å². The number of nitrogens with two attached hydrogens (primary N) is 1. The molecule has 1 aliphatic rings. The first kappa shape index (κ1) is 20.9. The van der Waals surface area contributed by atoms with Crippen LogP contribution in [0.25, 0.3) is 5.78 Å². The number of anilines is 1. The highest BCUT2D eigenvalue weighted by atomic mass is 16.2. The summed E-state index contributed by atoms with van der Waals surface area (Å²) < 4.78 is 1.57. The van der Waals surface area contributed by atoms with E-state index < -0.39 is 0 Å². The van der Waals surface area contributed by atoms with Gasteiger partial charge in [-0.2, -0.15) is 4.98 Å². The summed E-state index contributed by atoms with van der Waals surface area (Å²) in [5.74, 6) is -0.0296. The van der Waals surface area contributed by atoms with Crippen LogP contribution in [0.4, 0.5) is 5.69 Å². The maximum absolute atomic E-state index is 12.6. The van der Waals surface area contributed by atoms with E-state index in [0.29, 0.717) is 11.5 Å². The van der Waals surface area contributed by atoms with Crippen LogP contribution in [0, 0.1) is 19.8 Å². The van der Waals surface area contributed by atoms with E-state index in [1.807, 2.05) is 44.2 Å². The average molecular weight is 422 g/mol. The number of fused-ring (bicyclic) bond motifs is 1. The second-order valence-electron chi connectivity index (χ2n) is 8.11. The summed E-state index contributed by atoms with van der Waals surface area (Å²) in [5, 5.41) is 7.10. The fraction of sp³-hybridized carbons (Fsp3) is 0.409. The maximum Gasteiger partial charge on any atom is 0.295 e. The molecular formula is C22H27N7O2. The van der Waals surface area contributed by atoms with Crippen LogP contribution in [0.1, 0.15) is 40.4 Å². The number of hydrogen-bond acceptors (Lipinski definition) is 6. The molecule has 4 rings (SSSR count). The molecule has 3 aromatic rings. The first-order valence-electron chi connectivity index (χ1n) is 10.5. The normalized spacial score (nSPS) is 15.3. The summed E-state index contributed by atoms with van der Waals surface area (Å²) in [6, 6.07) is 9.68. The van der Waals surface area contributed by atoms with Gasteiger partial charge in [0, 0.05) is 29.5 Å². The van der Waals surface area contributed by atoms with E-state index >= 15 is 0 Å². The predicted molar refractivity (Wildman–Crippen MR) is 117 cm³/mol. The fourth-order valence-corrected chi connectivity index (χ4v) is 3.93. The van der Waals surface area contributed by atoms with Gasteiger partial charge in [-0.3, -0.25) is 9.59 Å². The molecule has 162 valence electrons. The van der Waals surface area contributed by atoms with Gasteiger partial charge in [0.25, 0.3) is 11.7 Å². The van der Waals surface area contributed by atoms with Crippen molar-refractivity contribution in [3.8, 4) is 0 Å². The van der Waals surface area contributed by atoms with Crippen molar-refractivity contribution in [3.63, 3.8) is 0 Å². The van der Waals surface area contributed by atoms with Crippen molar-refractivity contribution in [1.82, 2.24) is 24.5 Å². The monoisotopic (exact) mass is 421 g/mol. The quantitative estimate of drug-likeness (QED) is 0.626. The molecule has 3 heterocycles. The minimum atomic E-state index is -0.368. The number of nitrogens with zero attached hydrogens (tertiary/aromatic N) is 5. The molecule has 0 atom stereocenters. The van der Waals surface area contributed by atoms with Gasteiger partial charge in [-0.25, -0.2) is 9.50 Å². The Morgan fingerprint density at radius 1 is 1.13 bits per heavy atom. The van der Waals surface area contributed by atoms with Gasteiger partial charge < -0.3 is 16.0 Å². The third kappa shape index (κ3) is 4.88. The van der Waals surface area contributed by atoms with Crippen molar-refractivity contribution in [2.75, 3.05) is 25.0 Å². The number of aromatic nitrogens is 4. The number of primary amides is 1. The molecule has 9 heteroatoms. The molecule has 2 aromatic heterocycles.